The van der Waals surface area contributed by atoms with Crippen LogP contribution in [0.1, 0.15) is 59.3 Å². The standard InChI is InChI=1S/C26H38F2N2O4/c1-26(2,3)34-25(32)30-14-10-18(11-15-30)17-33-21-8-9-22(23(28)16-21)19-4-6-20(7-5-19)24(31)29-13-12-27/h4,8-9,18,20,23H,5-7,10-17H2,1-3H3,(H,29,31). The van der Waals surface area contributed by atoms with Gasteiger partial charge in [-0.1, -0.05) is 12.2 Å². The van der Waals surface area contributed by atoms with Crippen LogP contribution in [0.2, 0.25) is 0 Å². The van der Waals surface area contributed by atoms with E-state index in [9.17, 15) is 18.4 Å². The molecule has 2 amide bonds. The van der Waals surface area contributed by atoms with E-state index in [4.69, 9.17) is 9.47 Å². The largest absolute Gasteiger partial charge is 0.498 e. The molecule has 1 saturated heterocycles. The van der Waals surface area contributed by atoms with Crippen LogP contribution in [0, 0.1) is 11.8 Å². The minimum atomic E-state index is -1.13. The molecule has 2 unspecified atom stereocenters. The first-order valence-electron chi connectivity index (χ1n) is 12.3. The van der Waals surface area contributed by atoms with Gasteiger partial charge in [-0.25, -0.2) is 13.6 Å². The van der Waals surface area contributed by atoms with Crippen molar-refractivity contribution < 1.29 is 27.8 Å². The van der Waals surface area contributed by atoms with Crippen LogP contribution in [0.3, 0.4) is 0 Å². The number of allylic oxidation sites excluding steroid dienone is 6. The second-order valence-corrected chi connectivity index (χ2v) is 10.3. The molecule has 0 aromatic carbocycles. The number of nitrogens with zero attached hydrogens (tertiary/aromatic N) is 1. The van der Waals surface area contributed by atoms with Crippen molar-refractivity contribution in [1.82, 2.24) is 10.2 Å². The molecular formula is C26H38F2N2O4. The summed E-state index contributed by atoms with van der Waals surface area (Å²) in [6, 6.07) is 0. The van der Waals surface area contributed by atoms with E-state index in [0.717, 1.165) is 18.4 Å². The highest BCUT2D eigenvalue weighted by molar-refractivity contribution is 5.79. The Hall–Kier alpha value is -2.38. The fourth-order valence-electron chi connectivity index (χ4n) is 4.54. The number of alkyl halides is 2. The third-order valence-corrected chi connectivity index (χ3v) is 6.48. The number of nitrogens with one attached hydrogen (secondary N) is 1. The van der Waals surface area contributed by atoms with E-state index in [2.05, 4.69) is 5.32 Å². The molecule has 0 aromatic heterocycles. The topological polar surface area (TPSA) is 67.9 Å². The van der Waals surface area contributed by atoms with Gasteiger partial charge >= 0.3 is 6.09 Å². The van der Waals surface area contributed by atoms with E-state index in [0.29, 0.717) is 56.2 Å². The zero-order valence-corrected chi connectivity index (χ0v) is 20.6. The molecular weight excluding hydrogens is 442 g/mol. The zero-order valence-electron chi connectivity index (χ0n) is 20.6. The summed E-state index contributed by atoms with van der Waals surface area (Å²) in [5.41, 5.74) is 1.12. The second-order valence-electron chi connectivity index (χ2n) is 10.3. The Bertz CT molecular complexity index is 823. The van der Waals surface area contributed by atoms with E-state index in [1.165, 1.54) is 0 Å². The maximum absolute atomic E-state index is 14.9. The molecule has 8 heteroatoms. The summed E-state index contributed by atoms with van der Waals surface area (Å²) in [6.07, 6.45) is 7.89. The van der Waals surface area contributed by atoms with Gasteiger partial charge in [-0.3, -0.25) is 4.79 Å². The first kappa shape index (κ1) is 26.2. The second kappa shape index (κ2) is 11.8. The van der Waals surface area contributed by atoms with Crippen molar-refractivity contribution in [1.29, 1.82) is 0 Å². The minimum Gasteiger partial charge on any atom is -0.498 e. The summed E-state index contributed by atoms with van der Waals surface area (Å²) in [5, 5.41) is 2.59. The number of ether oxygens (including phenoxy) is 2. The van der Waals surface area contributed by atoms with Crippen molar-refractivity contribution in [3.05, 3.63) is 35.1 Å². The van der Waals surface area contributed by atoms with Crippen LogP contribution in [-0.4, -0.2) is 61.6 Å². The predicted octanol–water partition coefficient (Wildman–Crippen LogP) is 5.01. The third-order valence-electron chi connectivity index (χ3n) is 6.48. The fraction of sp³-hybridized carbons (Fsp3) is 0.692. The molecule has 1 N–H and O–H groups in total. The third kappa shape index (κ3) is 7.57. The molecule has 3 aliphatic rings. The summed E-state index contributed by atoms with van der Waals surface area (Å²) in [7, 11) is 0. The van der Waals surface area contributed by atoms with Crippen LogP contribution in [0.15, 0.2) is 35.1 Å². The summed E-state index contributed by atoms with van der Waals surface area (Å²) < 4.78 is 38.5. The Morgan fingerprint density at radius 2 is 1.91 bits per heavy atom. The van der Waals surface area contributed by atoms with E-state index < -0.39 is 18.4 Å². The molecule has 0 aromatic rings. The molecule has 0 saturated carbocycles. The van der Waals surface area contributed by atoms with Crippen molar-refractivity contribution in [2.24, 2.45) is 11.8 Å². The summed E-state index contributed by atoms with van der Waals surface area (Å²) >= 11 is 0. The highest BCUT2D eigenvalue weighted by atomic mass is 19.1. The van der Waals surface area contributed by atoms with E-state index >= 15 is 0 Å². The van der Waals surface area contributed by atoms with Gasteiger partial charge in [0.15, 0.2) is 0 Å². The van der Waals surface area contributed by atoms with Gasteiger partial charge in [-0.2, -0.15) is 0 Å². The predicted molar refractivity (Wildman–Crippen MR) is 127 cm³/mol. The molecule has 1 fully saturated rings. The number of rotatable bonds is 7. The van der Waals surface area contributed by atoms with Crippen molar-refractivity contribution in [3.63, 3.8) is 0 Å². The number of hydrogen-bond donors (Lipinski definition) is 1. The van der Waals surface area contributed by atoms with Gasteiger partial charge in [0.2, 0.25) is 5.91 Å². The highest BCUT2D eigenvalue weighted by Crippen LogP contribution is 2.35. The Labute approximate surface area is 201 Å². The molecule has 3 rings (SSSR count). The Kier molecular flexibility index (Phi) is 9.14. The number of likely N-dealkylation sites (tertiary alicyclic amines) is 1. The summed E-state index contributed by atoms with van der Waals surface area (Å²) in [4.78, 5) is 25.9. The molecule has 1 aliphatic heterocycles. The van der Waals surface area contributed by atoms with Crippen molar-refractivity contribution in [2.45, 2.75) is 71.1 Å². The lowest BCUT2D eigenvalue weighted by molar-refractivity contribution is -0.125. The molecule has 1 heterocycles. The van der Waals surface area contributed by atoms with Crippen LogP contribution < -0.4 is 5.32 Å². The van der Waals surface area contributed by atoms with Crippen LogP contribution in [-0.2, 0) is 14.3 Å². The number of halogens is 2. The Morgan fingerprint density at radius 3 is 2.50 bits per heavy atom. The minimum absolute atomic E-state index is 0.0417. The van der Waals surface area contributed by atoms with Gasteiger partial charge < -0.3 is 19.7 Å². The number of piperidine rings is 1. The molecule has 2 aliphatic carbocycles. The van der Waals surface area contributed by atoms with E-state index in [1.807, 2.05) is 32.9 Å². The van der Waals surface area contributed by atoms with Crippen molar-refractivity contribution in [3.8, 4) is 0 Å². The zero-order chi connectivity index (χ0) is 24.7. The number of carbonyl (C=O) groups is 2. The molecule has 190 valence electrons. The number of amides is 2. The van der Waals surface area contributed by atoms with Crippen molar-refractivity contribution >= 4 is 12.0 Å². The lowest BCUT2D eigenvalue weighted by Gasteiger charge is -2.33. The van der Waals surface area contributed by atoms with Crippen molar-refractivity contribution in [2.75, 3.05) is 32.9 Å². The number of carbonyl (C=O) groups excluding carboxylic acids is 2. The summed E-state index contributed by atoms with van der Waals surface area (Å²) in [5.74, 6) is 0.666. The van der Waals surface area contributed by atoms with Crippen LogP contribution in [0.25, 0.3) is 0 Å². The normalized spacial score (nSPS) is 24.0. The SMILES string of the molecule is CC(C)(C)OC(=O)N1CCC(COC2=CC=C(C3=CCC(C(=O)NCCF)CC3)C(F)C2)CC1. The Morgan fingerprint density at radius 1 is 1.18 bits per heavy atom. The molecule has 6 nitrogen and oxygen atoms in total. The van der Waals surface area contributed by atoms with Gasteiger partial charge in [0.1, 0.15) is 18.4 Å². The first-order chi connectivity index (χ1) is 16.2. The highest BCUT2D eigenvalue weighted by Gasteiger charge is 2.29. The fourth-order valence-corrected chi connectivity index (χ4v) is 4.54. The van der Waals surface area contributed by atoms with E-state index in [1.54, 1.807) is 11.0 Å². The number of hydrogen-bond acceptors (Lipinski definition) is 4. The van der Waals surface area contributed by atoms with Gasteiger partial charge in [-0.05, 0) is 76.0 Å². The maximum Gasteiger partial charge on any atom is 0.410 e. The molecule has 0 bridgehead atoms. The molecule has 2 atom stereocenters. The lowest BCUT2D eigenvalue weighted by Crippen LogP contribution is -2.42. The summed E-state index contributed by atoms with van der Waals surface area (Å²) in [6.45, 7) is 6.84. The average molecular weight is 481 g/mol. The smallest absolute Gasteiger partial charge is 0.410 e. The van der Waals surface area contributed by atoms with Gasteiger partial charge in [0.05, 0.1) is 12.4 Å². The Balaban J connectivity index is 1.45. The molecule has 34 heavy (non-hydrogen) atoms. The van der Waals surface area contributed by atoms with Gasteiger partial charge in [-0.15, -0.1) is 0 Å². The monoisotopic (exact) mass is 480 g/mol. The van der Waals surface area contributed by atoms with Crippen LogP contribution >= 0.6 is 0 Å². The molecule has 0 spiro atoms. The van der Waals surface area contributed by atoms with Crippen LogP contribution in [0.5, 0.6) is 0 Å². The quantitative estimate of drug-likeness (QED) is 0.556. The average Bonchev–Trinajstić information content (AvgIpc) is 2.80. The van der Waals surface area contributed by atoms with Crippen LogP contribution in [0.4, 0.5) is 13.6 Å². The lowest BCUT2D eigenvalue weighted by atomic mass is 9.83. The first-order valence-corrected chi connectivity index (χ1v) is 12.3. The maximum atomic E-state index is 14.9. The van der Waals surface area contributed by atoms with E-state index in [-0.39, 0.29) is 30.9 Å². The van der Waals surface area contributed by atoms with Gasteiger partial charge in [0.25, 0.3) is 0 Å². The van der Waals surface area contributed by atoms with Gasteiger partial charge in [0, 0.05) is 32.0 Å². The molecule has 0 radical (unpaired) electrons.